The van der Waals surface area contributed by atoms with Crippen LogP contribution < -0.4 is 9.64 Å². The van der Waals surface area contributed by atoms with Gasteiger partial charge in [0, 0.05) is 56.9 Å². The summed E-state index contributed by atoms with van der Waals surface area (Å²) in [6.45, 7) is 9.08. The second-order valence-electron chi connectivity index (χ2n) is 6.25. The molecular weight excluding hydrogens is 320 g/mol. The van der Waals surface area contributed by atoms with Crippen molar-refractivity contribution in [3.05, 3.63) is 30.2 Å². The largest absolute Gasteiger partial charge is 0.478 e. The lowest BCUT2D eigenvalue weighted by molar-refractivity contribution is 0.0919. The Hall–Kier alpha value is -2.19. The van der Waals surface area contributed by atoms with E-state index in [9.17, 15) is 5.11 Å². The predicted octanol–water partition coefficient (Wildman–Crippen LogP) is 0.563. The molecule has 0 spiro atoms. The van der Waals surface area contributed by atoms with Gasteiger partial charge in [-0.3, -0.25) is 9.58 Å². The zero-order valence-electron chi connectivity index (χ0n) is 14.9. The van der Waals surface area contributed by atoms with Gasteiger partial charge < -0.3 is 14.7 Å². The van der Waals surface area contributed by atoms with Crippen LogP contribution in [0, 0.1) is 6.92 Å². The lowest BCUT2D eigenvalue weighted by atomic mass is 10.2. The van der Waals surface area contributed by atoms with Gasteiger partial charge in [-0.05, 0) is 19.9 Å². The van der Waals surface area contributed by atoms with Gasteiger partial charge in [-0.15, -0.1) is 0 Å². The van der Waals surface area contributed by atoms with Crippen molar-refractivity contribution in [2.45, 2.75) is 26.5 Å². The Morgan fingerprint density at radius 3 is 2.68 bits per heavy atom. The molecule has 8 nitrogen and oxygen atoms in total. The first-order chi connectivity index (χ1) is 12.1. The van der Waals surface area contributed by atoms with Crippen LogP contribution in [0.2, 0.25) is 0 Å². The first-order valence-corrected chi connectivity index (χ1v) is 8.75. The lowest BCUT2D eigenvalue weighted by Gasteiger charge is -2.35. The molecule has 3 heterocycles. The minimum Gasteiger partial charge on any atom is -0.478 e. The Kier molecular flexibility index (Phi) is 5.83. The summed E-state index contributed by atoms with van der Waals surface area (Å²) in [5.74, 6) is 1.35. The number of aryl methyl sites for hydroxylation is 1. The summed E-state index contributed by atoms with van der Waals surface area (Å²) < 4.78 is 7.27. The summed E-state index contributed by atoms with van der Waals surface area (Å²) in [6, 6.07) is 3.72. The van der Waals surface area contributed by atoms with E-state index >= 15 is 0 Å². The highest BCUT2D eigenvalue weighted by Crippen LogP contribution is 2.17. The van der Waals surface area contributed by atoms with Gasteiger partial charge >= 0.3 is 0 Å². The molecule has 136 valence electrons. The minimum atomic E-state index is -0.425. The number of aliphatic hydroxyl groups excluding tert-OH is 1. The number of nitrogens with zero attached hydrogens (tertiary/aromatic N) is 6. The van der Waals surface area contributed by atoms with Crippen LogP contribution in [0.1, 0.15) is 12.6 Å². The maximum absolute atomic E-state index is 10.2. The van der Waals surface area contributed by atoms with Crippen LogP contribution in [0.15, 0.2) is 24.5 Å². The van der Waals surface area contributed by atoms with E-state index in [1.54, 1.807) is 10.9 Å². The highest BCUT2D eigenvalue weighted by Gasteiger charge is 2.21. The van der Waals surface area contributed by atoms with Crippen molar-refractivity contribution < 1.29 is 9.84 Å². The van der Waals surface area contributed by atoms with Gasteiger partial charge in [0.1, 0.15) is 0 Å². The van der Waals surface area contributed by atoms with Crippen molar-refractivity contribution in [1.29, 1.82) is 0 Å². The summed E-state index contributed by atoms with van der Waals surface area (Å²) in [6.07, 6.45) is 3.17. The van der Waals surface area contributed by atoms with Crippen molar-refractivity contribution in [1.82, 2.24) is 24.6 Å². The van der Waals surface area contributed by atoms with Crippen molar-refractivity contribution in [3.63, 3.8) is 0 Å². The van der Waals surface area contributed by atoms with E-state index in [2.05, 4.69) is 24.9 Å². The number of aliphatic hydroxyl groups is 1. The van der Waals surface area contributed by atoms with Gasteiger partial charge in [0.05, 0.1) is 19.3 Å². The molecule has 1 saturated heterocycles. The monoisotopic (exact) mass is 346 g/mol. The predicted molar refractivity (Wildman–Crippen MR) is 94.8 cm³/mol. The summed E-state index contributed by atoms with van der Waals surface area (Å²) in [5.41, 5.74) is 0.908. The third-order valence-corrected chi connectivity index (χ3v) is 4.19. The molecule has 1 aliphatic rings. The van der Waals surface area contributed by atoms with Crippen LogP contribution in [0.3, 0.4) is 0 Å². The SMILES string of the molecule is CCOc1cc(C)nc(N2CCN(C[C@H](O)Cn3cccn3)CC2)n1. The summed E-state index contributed by atoms with van der Waals surface area (Å²) >= 11 is 0. The molecule has 0 radical (unpaired) electrons. The fourth-order valence-electron chi connectivity index (χ4n) is 3.00. The molecule has 25 heavy (non-hydrogen) atoms. The Bertz CT molecular complexity index is 655. The van der Waals surface area contributed by atoms with Gasteiger partial charge in [0.15, 0.2) is 0 Å². The molecule has 1 N–H and O–H groups in total. The van der Waals surface area contributed by atoms with Crippen molar-refractivity contribution >= 4 is 5.95 Å². The molecule has 2 aromatic rings. The number of anilines is 1. The lowest BCUT2D eigenvalue weighted by Crippen LogP contribution is -2.49. The summed E-state index contributed by atoms with van der Waals surface area (Å²) in [4.78, 5) is 13.5. The first-order valence-electron chi connectivity index (χ1n) is 8.75. The topological polar surface area (TPSA) is 79.5 Å². The molecule has 0 bridgehead atoms. The molecular formula is C17H26N6O2. The fraction of sp³-hybridized carbons (Fsp3) is 0.588. The van der Waals surface area contributed by atoms with Crippen molar-refractivity contribution in [2.24, 2.45) is 0 Å². The Morgan fingerprint density at radius 2 is 2.00 bits per heavy atom. The number of piperazine rings is 1. The van der Waals surface area contributed by atoms with Crippen LogP contribution in [0.25, 0.3) is 0 Å². The molecule has 0 unspecified atom stereocenters. The normalized spacial score (nSPS) is 16.8. The highest BCUT2D eigenvalue weighted by atomic mass is 16.5. The second-order valence-corrected chi connectivity index (χ2v) is 6.25. The third kappa shape index (κ3) is 4.90. The van der Waals surface area contributed by atoms with Crippen LogP contribution >= 0.6 is 0 Å². The molecule has 0 saturated carbocycles. The van der Waals surface area contributed by atoms with Crippen molar-refractivity contribution in [2.75, 3.05) is 44.2 Å². The standard InChI is InChI=1S/C17H26N6O2/c1-3-25-16-11-14(2)19-17(20-16)22-9-7-21(8-10-22)12-15(24)13-23-6-4-5-18-23/h4-6,11,15,24H,3,7-10,12-13H2,1-2H3/t15-/m0/s1. The van der Waals surface area contributed by atoms with Gasteiger partial charge in [0.25, 0.3) is 0 Å². The maximum atomic E-state index is 10.2. The molecule has 8 heteroatoms. The van der Waals surface area contributed by atoms with Crippen LogP contribution in [-0.2, 0) is 6.54 Å². The van der Waals surface area contributed by atoms with Gasteiger partial charge in [-0.25, -0.2) is 4.98 Å². The van der Waals surface area contributed by atoms with E-state index in [0.29, 0.717) is 25.6 Å². The zero-order chi connectivity index (χ0) is 17.6. The molecule has 1 fully saturated rings. The number of β-amino-alcohol motifs (C(OH)–C–C–N with tert-alkyl or cyclic N) is 1. The first kappa shape index (κ1) is 17.6. The third-order valence-electron chi connectivity index (χ3n) is 4.19. The molecule has 0 amide bonds. The molecule has 0 aliphatic carbocycles. The quantitative estimate of drug-likeness (QED) is 0.785. The van der Waals surface area contributed by atoms with Gasteiger partial charge in [-0.2, -0.15) is 10.1 Å². The van der Waals surface area contributed by atoms with Crippen LogP contribution in [-0.4, -0.2) is 75.2 Å². The average Bonchev–Trinajstić information content (AvgIpc) is 3.08. The number of hydrogen-bond donors (Lipinski definition) is 1. The van der Waals surface area contributed by atoms with E-state index in [-0.39, 0.29) is 0 Å². The molecule has 1 aliphatic heterocycles. The fourth-order valence-corrected chi connectivity index (χ4v) is 3.00. The van der Waals surface area contributed by atoms with E-state index in [0.717, 1.165) is 37.8 Å². The molecule has 0 aromatic carbocycles. The second kappa shape index (κ2) is 8.26. The number of hydrogen-bond acceptors (Lipinski definition) is 7. The summed E-state index contributed by atoms with van der Waals surface area (Å²) in [5, 5.41) is 14.4. The minimum absolute atomic E-state index is 0.425. The van der Waals surface area contributed by atoms with Gasteiger partial charge in [0.2, 0.25) is 11.8 Å². The van der Waals surface area contributed by atoms with Crippen LogP contribution in [0.5, 0.6) is 5.88 Å². The van der Waals surface area contributed by atoms with E-state index < -0.39 is 6.10 Å². The van der Waals surface area contributed by atoms with E-state index in [1.165, 1.54) is 0 Å². The Labute approximate surface area is 148 Å². The van der Waals surface area contributed by atoms with Crippen molar-refractivity contribution in [3.8, 4) is 5.88 Å². The van der Waals surface area contributed by atoms with E-state index in [1.807, 2.05) is 32.2 Å². The highest BCUT2D eigenvalue weighted by molar-refractivity contribution is 5.35. The Morgan fingerprint density at radius 1 is 1.20 bits per heavy atom. The van der Waals surface area contributed by atoms with Crippen LogP contribution in [0.4, 0.5) is 5.95 Å². The van der Waals surface area contributed by atoms with Gasteiger partial charge in [-0.1, -0.05) is 0 Å². The Balaban J connectivity index is 1.51. The molecule has 1 atom stereocenters. The zero-order valence-corrected chi connectivity index (χ0v) is 14.9. The van der Waals surface area contributed by atoms with E-state index in [4.69, 9.17) is 4.74 Å². The molecule has 2 aromatic heterocycles. The smallest absolute Gasteiger partial charge is 0.228 e. The molecule has 3 rings (SSSR count). The number of ether oxygens (including phenoxy) is 1. The number of aromatic nitrogens is 4. The number of rotatable bonds is 7. The summed E-state index contributed by atoms with van der Waals surface area (Å²) in [7, 11) is 0. The maximum Gasteiger partial charge on any atom is 0.228 e. The average molecular weight is 346 g/mol.